The fourth-order valence-electron chi connectivity index (χ4n) is 3.12. The van der Waals surface area contributed by atoms with Crippen molar-refractivity contribution in [3.8, 4) is 0 Å². The average Bonchev–Trinajstić information content (AvgIpc) is 2.62. The molecule has 1 aromatic carbocycles. The number of benzene rings is 1. The van der Waals surface area contributed by atoms with Crippen molar-refractivity contribution in [1.82, 2.24) is 10.6 Å². The lowest BCUT2D eigenvalue weighted by Crippen LogP contribution is -2.45. The number of amides is 2. The number of hydrogen-bond donors (Lipinski definition) is 2. The van der Waals surface area contributed by atoms with Gasteiger partial charge in [0.25, 0.3) is 11.8 Å². The normalized spacial score (nSPS) is 22.3. The van der Waals surface area contributed by atoms with Crippen LogP contribution in [-0.2, 0) is 14.3 Å². The molecule has 1 saturated carbocycles. The van der Waals surface area contributed by atoms with Gasteiger partial charge in [0.2, 0.25) is 0 Å². The Morgan fingerprint density at radius 3 is 2.65 bits per heavy atom. The van der Waals surface area contributed by atoms with Crippen LogP contribution >= 0.6 is 0 Å². The number of carbonyl (C=O) groups is 3. The molecule has 2 rings (SSSR count). The van der Waals surface area contributed by atoms with Crippen LogP contribution in [-0.4, -0.2) is 37.0 Å². The predicted molar refractivity (Wildman–Crippen MR) is 93.8 cm³/mol. The zero-order valence-corrected chi connectivity index (χ0v) is 15.1. The number of halogens is 1. The molecule has 1 fully saturated rings. The number of hydrogen-bond acceptors (Lipinski definition) is 4. The second-order valence-electron chi connectivity index (χ2n) is 6.76. The molecule has 0 unspecified atom stereocenters. The third kappa shape index (κ3) is 5.54. The first-order chi connectivity index (χ1) is 12.4. The van der Waals surface area contributed by atoms with E-state index in [4.69, 9.17) is 4.74 Å². The minimum atomic E-state index is -0.755. The van der Waals surface area contributed by atoms with Gasteiger partial charge in [0.15, 0.2) is 6.61 Å². The fourth-order valence-corrected chi connectivity index (χ4v) is 3.12. The lowest BCUT2D eigenvalue weighted by atomic mass is 9.78. The molecule has 3 atom stereocenters. The van der Waals surface area contributed by atoms with Crippen molar-refractivity contribution in [3.63, 3.8) is 0 Å². The van der Waals surface area contributed by atoms with E-state index in [1.54, 1.807) is 0 Å². The summed E-state index contributed by atoms with van der Waals surface area (Å²) >= 11 is 0. The topological polar surface area (TPSA) is 84.5 Å². The van der Waals surface area contributed by atoms with Gasteiger partial charge in [-0.25, -0.2) is 4.39 Å². The number of esters is 1. The standard InChI is InChI=1S/C19H25FN2O4/c1-12-6-5-9-16(13(12)2)22-17(23)11-26-18(24)10-21-19(25)14-7-3-4-8-15(14)20/h3-4,7-8,12-13,16H,5-6,9-11H2,1-2H3,(H,21,25)(H,22,23)/t12-,13-,16+/m1/s1. The summed E-state index contributed by atoms with van der Waals surface area (Å²) in [4.78, 5) is 35.4. The van der Waals surface area contributed by atoms with E-state index in [-0.39, 0.29) is 17.5 Å². The van der Waals surface area contributed by atoms with Crippen LogP contribution in [0.5, 0.6) is 0 Å². The molecule has 0 aliphatic heterocycles. The quantitative estimate of drug-likeness (QED) is 0.757. The van der Waals surface area contributed by atoms with Crippen molar-refractivity contribution in [2.75, 3.05) is 13.2 Å². The largest absolute Gasteiger partial charge is 0.454 e. The molecule has 0 saturated heterocycles. The molecule has 2 N–H and O–H groups in total. The molecule has 1 aromatic rings. The second-order valence-corrected chi connectivity index (χ2v) is 6.76. The van der Waals surface area contributed by atoms with E-state index in [0.29, 0.717) is 11.8 Å². The number of nitrogens with one attached hydrogen (secondary N) is 2. The minimum absolute atomic E-state index is 0.0886. The van der Waals surface area contributed by atoms with Crippen LogP contribution in [0.2, 0.25) is 0 Å². The monoisotopic (exact) mass is 364 g/mol. The van der Waals surface area contributed by atoms with Crippen LogP contribution in [0.25, 0.3) is 0 Å². The molecule has 0 aromatic heterocycles. The fraction of sp³-hybridized carbons (Fsp3) is 0.526. The third-order valence-electron chi connectivity index (χ3n) is 4.93. The Bertz CT molecular complexity index is 665. The highest BCUT2D eigenvalue weighted by atomic mass is 19.1. The summed E-state index contributed by atoms with van der Waals surface area (Å²) in [6.07, 6.45) is 3.15. The van der Waals surface area contributed by atoms with Crippen molar-refractivity contribution in [1.29, 1.82) is 0 Å². The van der Waals surface area contributed by atoms with Crippen molar-refractivity contribution < 1.29 is 23.5 Å². The molecule has 0 radical (unpaired) electrons. The molecule has 0 bridgehead atoms. The molecule has 2 amide bonds. The van der Waals surface area contributed by atoms with Gasteiger partial charge in [-0.1, -0.05) is 38.8 Å². The van der Waals surface area contributed by atoms with Gasteiger partial charge in [0.05, 0.1) is 5.56 Å². The third-order valence-corrected chi connectivity index (χ3v) is 4.93. The zero-order chi connectivity index (χ0) is 19.1. The van der Waals surface area contributed by atoms with Crippen LogP contribution in [0.3, 0.4) is 0 Å². The van der Waals surface area contributed by atoms with Gasteiger partial charge in [-0.3, -0.25) is 14.4 Å². The van der Waals surface area contributed by atoms with Crippen molar-refractivity contribution in [3.05, 3.63) is 35.6 Å². The highest BCUT2D eigenvalue weighted by Crippen LogP contribution is 2.29. The van der Waals surface area contributed by atoms with Gasteiger partial charge in [-0.05, 0) is 30.4 Å². The van der Waals surface area contributed by atoms with Crippen LogP contribution in [0.15, 0.2) is 24.3 Å². The summed E-state index contributed by atoms with van der Waals surface area (Å²) in [7, 11) is 0. The summed E-state index contributed by atoms with van der Waals surface area (Å²) in [6, 6.07) is 5.55. The van der Waals surface area contributed by atoms with Crippen molar-refractivity contribution in [2.45, 2.75) is 39.2 Å². The van der Waals surface area contributed by atoms with Gasteiger partial charge >= 0.3 is 5.97 Å². The number of rotatable bonds is 6. The smallest absolute Gasteiger partial charge is 0.325 e. The minimum Gasteiger partial charge on any atom is -0.454 e. The molecule has 1 aliphatic carbocycles. The maximum Gasteiger partial charge on any atom is 0.325 e. The van der Waals surface area contributed by atoms with E-state index < -0.39 is 30.8 Å². The maximum atomic E-state index is 13.5. The van der Waals surface area contributed by atoms with Gasteiger partial charge in [0, 0.05) is 6.04 Å². The number of carbonyl (C=O) groups excluding carboxylic acids is 3. The highest BCUT2D eigenvalue weighted by molar-refractivity contribution is 5.96. The lowest BCUT2D eigenvalue weighted by molar-refractivity contribution is -0.147. The SMILES string of the molecule is C[C@@H]1[C@H](C)CCC[C@@H]1NC(=O)COC(=O)CNC(=O)c1ccccc1F. The Hall–Kier alpha value is -2.44. The van der Waals surface area contributed by atoms with Crippen LogP contribution < -0.4 is 10.6 Å². The molecule has 0 heterocycles. The van der Waals surface area contributed by atoms with Gasteiger partial charge in [0.1, 0.15) is 12.4 Å². The molecule has 7 heteroatoms. The van der Waals surface area contributed by atoms with E-state index >= 15 is 0 Å². The summed E-state index contributed by atoms with van der Waals surface area (Å²) in [6.45, 7) is 3.45. The summed E-state index contributed by atoms with van der Waals surface area (Å²) in [5, 5.41) is 5.17. The Labute approximate surface area is 152 Å². The summed E-state index contributed by atoms with van der Waals surface area (Å²) in [5.41, 5.74) is -0.154. The van der Waals surface area contributed by atoms with Crippen molar-refractivity contribution in [2.24, 2.45) is 11.8 Å². The molecule has 26 heavy (non-hydrogen) atoms. The molecule has 1 aliphatic rings. The van der Waals surface area contributed by atoms with Crippen LogP contribution in [0.4, 0.5) is 4.39 Å². The Morgan fingerprint density at radius 2 is 1.92 bits per heavy atom. The average molecular weight is 364 g/mol. The Kier molecular flexibility index (Phi) is 7.12. The van der Waals surface area contributed by atoms with E-state index in [9.17, 15) is 18.8 Å². The van der Waals surface area contributed by atoms with Gasteiger partial charge < -0.3 is 15.4 Å². The molecule has 0 spiro atoms. The Morgan fingerprint density at radius 1 is 1.19 bits per heavy atom. The molecular weight excluding hydrogens is 339 g/mol. The summed E-state index contributed by atoms with van der Waals surface area (Å²) in [5.74, 6) is -1.57. The van der Waals surface area contributed by atoms with Gasteiger partial charge in [-0.2, -0.15) is 0 Å². The lowest BCUT2D eigenvalue weighted by Gasteiger charge is -2.34. The number of ether oxygens (including phenoxy) is 1. The van der Waals surface area contributed by atoms with E-state index in [1.165, 1.54) is 18.2 Å². The second kappa shape index (κ2) is 9.31. The Balaban J connectivity index is 1.70. The van der Waals surface area contributed by atoms with E-state index in [0.717, 1.165) is 25.3 Å². The molecule has 6 nitrogen and oxygen atoms in total. The maximum absolute atomic E-state index is 13.5. The van der Waals surface area contributed by atoms with E-state index in [2.05, 4.69) is 24.5 Å². The first-order valence-electron chi connectivity index (χ1n) is 8.86. The van der Waals surface area contributed by atoms with Crippen LogP contribution in [0, 0.1) is 17.7 Å². The molecular formula is C19H25FN2O4. The zero-order valence-electron chi connectivity index (χ0n) is 15.1. The molecule has 142 valence electrons. The van der Waals surface area contributed by atoms with Gasteiger partial charge in [-0.15, -0.1) is 0 Å². The van der Waals surface area contributed by atoms with Crippen molar-refractivity contribution >= 4 is 17.8 Å². The van der Waals surface area contributed by atoms with Crippen LogP contribution in [0.1, 0.15) is 43.5 Å². The summed E-state index contributed by atoms with van der Waals surface area (Å²) < 4.78 is 18.3. The first kappa shape index (κ1) is 19.9. The van der Waals surface area contributed by atoms with E-state index in [1.807, 2.05) is 0 Å². The highest BCUT2D eigenvalue weighted by Gasteiger charge is 2.28. The predicted octanol–water partition coefficient (Wildman–Crippen LogP) is 2.04. The first-order valence-corrected chi connectivity index (χ1v) is 8.86.